The molecule has 2 aromatic heterocycles. The van der Waals surface area contributed by atoms with Crippen molar-refractivity contribution in [2.45, 2.75) is 13.8 Å². The number of benzene rings is 1. The maximum Gasteiger partial charge on any atom is 0.193 e. The van der Waals surface area contributed by atoms with Gasteiger partial charge in [-0.1, -0.05) is 17.7 Å². The molecule has 19 heavy (non-hydrogen) atoms. The van der Waals surface area contributed by atoms with E-state index in [2.05, 4.69) is 10.1 Å². The van der Waals surface area contributed by atoms with Gasteiger partial charge < -0.3 is 4.98 Å². The molecule has 3 rings (SSSR count). The lowest BCUT2D eigenvalue weighted by atomic mass is 10.2. The molecule has 0 radical (unpaired) electrons. The number of hydrogen-bond donors (Lipinski definition) is 1. The second-order valence-electron chi connectivity index (χ2n) is 4.52. The Hall–Kier alpha value is -2.07. The summed E-state index contributed by atoms with van der Waals surface area (Å²) in [6.45, 7) is 3.68. The molecular formula is C14H12ClN3O. The van der Waals surface area contributed by atoms with Crippen molar-refractivity contribution in [3.8, 4) is 5.69 Å². The second-order valence-corrected chi connectivity index (χ2v) is 4.95. The summed E-state index contributed by atoms with van der Waals surface area (Å²) in [4.78, 5) is 15.2. The lowest BCUT2D eigenvalue weighted by Crippen LogP contribution is -2.04. The minimum atomic E-state index is -0.0166. The molecule has 0 aliphatic carbocycles. The average Bonchev–Trinajstić information content (AvgIpc) is 2.66. The highest BCUT2D eigenvalue weighted by Crippen LogP contribution is 2.20. The first kappa shape index (κ1) is 12.0. The number of aromatic nitrogens is 3. The number of H-pyrrole nitrogens is 1. The van der Waals surface area contributed by atoms with Crippen LogP contribution in [0.5, 0.6) is 0 Å². The molecule has 3 aromatic rings. The second kappa shape index (κ2) is 4.24. The van der Waals surface area contributed by atoms with Gasteiger partial charge in [0.1, 0.15) is 5.65 Å². The van der Waals surface area contributed by atoms with E-state index in [0.717, 1.165) is 11.4 Å². The van der Waals surface area contributed by atoms with Crippen molar-refractivity contribution in [3.05, 3.63) is 57.0 Å². The van der Waals surface area contributed by atoms with Crippen LogP contribution in [0.15, 0.2) is 35.1 Å². The topological polar surface area (TPSA) is 50.7 Å². The molecular weight excluding hydrogens is 262 g/mol. The molecule has 0 saturated heterocycles. The molecule has 0 aliphatic heterocycles. The Morgan fingerprint density at radius 3 is 2.79 bits per heavy atom. The number of hydrogen-bond acceptors (Lipinski definition) is 2. The van der Waals surface area contributed by atoms with Crippen LogP contribution < -0.4 is 5.43 Å². The number of nitrogens with one attached hydrogen (secondary N) is 1. The van der Waals surface area contributed by atoms with Gasteiger partial charge in [0, 0.05) is 16.8 Å². The Kier molecular flexibility index (Phi) is 2.68. The third-order valence-electron chi connectivity index (χ3n) is 3.02. The summed E-state index contributed by atoms with van der Waals surface area (Å²) >= 11 is 6.00. The Morgan fingerprint density at radius 2 is 2.05 bits per heavy atom. The molecule has 1 N–H and O–H groups in total. The summed E-state index contributed by atoms with van der Waals surface area (Å²) in [7, 11) is 0. The van der Waals surface area contributed by atoms with Crippen LogP contribution in [0, 0.1) is 13.8 Å². The van der Waals surface area contributed by atoms with Crippen molar-refractivity contribution >= 4 is 22.6 Å². The van der Waals surface area contributed by atoms with Gasteiger partial charge in [-0.25, -0.2) is 4.68 Å². The van der Waals surface area contributed by atoms with Gasteiger partial charge in [0.2, 0.25) is 0 Å². The van der Waals surface area contributed by atoms with E-state index in [-0.39, 0.29) is 5.43 Å². The van der Waals surface area contributed by atoms with Crippen molar-refractivity contribution in [3.63, 3.8) is 0 Å². The van der Waals surface area contributed by atoms with Gasteiger partial charge in [-0.15, -0.1) is 0 Å². The van der Waals surface area contributed by atoms with Crippen LogP contribution in [0.1, 0.15) is 11.4 Å². The number of nitrogens with zero attached hydrogens (tertiary/aromatic N) is 2. The van der Waals surface area contributed by atoms with Gasteiger partial charge in [0.05, 0.1) is 16.8 Å². The normalized spacial score (nSPS) is 11.1. The lowest BCUT2D eigenvalue weighted by Gasteiger charge is -2.04. The first-order valence-corrected chi connectivity index (χ1v) is 6.29. The summed E-state index contributed by atoms with van der Waals surface area (Å²) in [6, 6.07) is 8.96. The SMILES string of the molecule is Cc1cc(=O)c2c(C)nn(-c3cccc(Cl)c3)c2[nH]1. The standard InChI is InChI=1S/C14H12ClN3O/c1-8-6-12(19)13-9(2)17-18(14(13)16-8)11-5-3-4-10(15)7-11/h3-7H,1-2H3,(H,16,19). The molecule has 0 saturated carbocycles. The minimum Gasteiger partial charge on any atom is -0.343 e. The number of aromatic amines is 1. The van der Waals surface area contributed by atoms with Crippen molar-refractivity contribution < 1.29 is 0 Å². The highest BCUT2D eigenvalue weighted by Gasteiger charge is 2.13. The number of fused-ring (bicyclic) bond motifs is 1. The Bertz CT molecular complexity index is 832. The monoisotopic (exact) mass is 273 g/mol. The lowest BCUT2D eigenvalue weighted by molar-refractivity contribution is 0.875. The number of halogens is 1. The zero-order chi connectivity index (χ0) is 13.6. The van der Waals surface area contributed by atoms with E-state index in [1.165, 1.54) is 0 Å². The van der Waals surface area contributed by atoms with Crippen LogP contribution in [-0.4, -0.2) is 14.8 Å². The quantitative estimate of drug-likeness (QED) is 0.741. The molecule has 0 amide bonds. The summed E-state index contributed by atoms with van der Waals surface area (Å²) in [5, 5.41) is 5.68. The molecule has 0 aliphatic rings. The molecule has 1 aromatic carbocycles. The van der Waals surface area contributed by atoms with Crippen molar-refractivity contribution in [1.29, 1.82) is 0 Å². The minimum absolute atomic E-state index is 0.0166. The van der Waals surface area contributed by atoms with Gasteiger partial charge in [0.15, 0.2) is 5.43 Å². The van der Waals surface area contributed by atoms with Crippen LogP contribution >= 0.6 is 11.6 Å². The van der Waals surface area contributed by atoms with E-state index in [1.807, 2.05) is 32.0 Å². The maximum atomic E-state index is 12.0. The Balaban J connectivity index is 2.40. The third kappa shape index (κ3) is 1.94. The number of rotatable bonds is 1. The smallest absolute Gasteiger partial charge is 0.193 e. The van der Waals surface area contributed by atoms with Gasteiger partial charge >= 0.3 is 0 Å². The van der Waals surface area contributed by atoms with Crippen molar-refractivity contribution in [2.75, 3.05) is 0 Å². The Morgan fingerprint density at radius 1 is 1.26 bits per heavy atom. The molecule has 5 heteroatoms. The summed E-state index contributed by atoms with van der Waals surface area (Å²) < 4.78 is 1.71. The van der Waals surface area contributed by atoms with Gasteiger partial charge in [0.25, 0.3) is 0 Å². The Labute approximate surface area is 114 Å². The third-order valence-corrected chi connectivity index (χ3v) is 3.26. The van der Waals surface area contributed by atoms with Crippen LogP contribution in [0.4, 0.5) is 0 Å². The zero-order valence-corrected chi connectivity index (χ0v) is 11.3. The highest BCUT2D eigenvalue weighted by atomic mass is 35.5. The highest BCUT2D eigenvalue weighted by molar-refractivity contribution is 6.30. The first-order valence-electron chi connectivity index (χ1n) is 5.91. The number of aryl methyl sites for hydroxylation is 2. The van der Waals surface area contributed by atoms with Crippen LogP contribution in [0.3, 0.4) is 0 Å². The van der Waals surface area contributed by atoms with E-state index >= 15 is 0 Å². The van der Waals surface area contributed by atoms with Crippen molar-refractivity contribution in [1.82, 2.24) is 14.8 Å². The van der Waals surface area contributed by atoms with E-state index in [1.54, 1.807) is 16.8 Å². The summed E-state index contributed by atoms with van der Waals surface area (Å²) in [6.07, 6.45) is 0. The molecule has 4 nitrogen and oxygen atoms in total. The first-order chi connectivity index (χ1) is 9.06. The number of pyridine rings is 1. The van der Waals surface area contributed by atoms with Crippen LogP contribution in [-0.2, 0) is 0 Å². The van der Waals surface area contributed by atoms with Crippen molar-refractivity contribution in [2.24, 2.45) is 0 Å². The summed E-state index contributed by atoms with van der Waals surface area (Å²) in [5.74, 6) is 0. The molecule has 0 spiro atoms. The molecule has 2 heterocycles. The fraction of sp³-hybridized carbons (Fsp3) is 0.143. The molecule has 96 valence electrons. The fourth-order valence-electron chi connectivity index (χ4n) is 2.22. The fourth-order valence-corrected chi connectivity index (χ4v) is 2.41. The maximum absolute atomic E-state index is 12.0. The van der Waals surface area contributed by atoms with Gasteiger partial charge in [-0.3, -0.25) is 4.79 Å². The zero-order valence-electron chi connectivity index (χ0n) is 10.6. The predicted octanol–water partition coefficient (Wildman–Crippen LogP) is 2.98. The van der Waals surface area contributed by atoms with E-state index < -0.39 is 0 Å². The molecule has 0 unspecified atom stereocenters. The molecule has 0 atom stereocenters. The molecule has 0 bridgehead atoms. The largest absolute Gasteiger partial charge is 0.343 e. The van der Waals surface area contributed by atoms with Gasteiger partial charge in [-0.2, -0.15) is 5.10 Å². The summed E-state index contributed by atoms with van der Waals surface area (Å²) in [5.41, 5.74) is 3.02. The predicted molar refractivity (Wildman–Crippen MR) is 76.2 cm³/mol. The van der Waals surface area contributed by atoms with E-state index in [0.29, 0.717) is 21.7 Å². The van der Waals surface area contributed by atoms with Gasteiger partial charge in [-0.05, 0) is 32.0 Å². The van der Waals surface area contributed by atoms with Crippen LogP contribution in [0.25, 0.3) is 16.7 Å². The van der Waals surface area contributed by atoms with E-state index in [9.17, 15) is 4.79 Å². The van der Waals surface area contributed by atoms with E-state index in [4.69, 9.17) is 11.6 Å². The van der Waals surface area contributed by atoms with Crippen LogP contribution in [0.2, 0.25) is 5.02 Å². The average molecular weight is 274 g/mol. The molecule has 0 fully saturated rings.